The summed E-state index contributed by atoms with van der Waals surface area (Å²) in [5.74, 6) is 1.58. The Balaban J connectivity index is 1.92. The number of likely N-dealkylation sites (N-methyl/N-ethyl adjacent to an activating group) is 1. The van der Waals surface area contributed by atoms with Crippen molar-refractivity contribution in [2.24, 2.45) is 11.8 Å². The predicted molar refractivity (Wildman–Crippen MR) is 80.6 cm³/mol. The van der Waals surface area contributed by atoms with Gasteiger partial charge in [0.15, 0.2) is 0 Å². The molecule has 0 spiro atoms. The van der Waals surface area contributed by atoms with Crippen LogP contribution >= 0.6 is 0 Å². The fraction of sp³-hybridized carbons (Fsp3) is 0.938. The van der Waals surface area contributed by atoms with Crippen LogP contribution in [-0.2, 0) is 9.53 Å². The summed E-state index contributed by atoms with van der Waals surface area (Å²) in [6, 6.07) is 0.537. The van der Waals surface area contributed by atoms with Crippen molar-refractivity contribution in [3.63, 3.8) is 0 Å². The van der Waals surface area contributed by atoms with E-state index in [9.17, 15) is 4.79 Å². The topological polar surface area (TPSA) is 41.6 Å². The molecule has 4 heteroatoms. The maximum Gasteiger partial charge on any atom is 0.326 e. The third-order valence-electron chi connectivity index (χ3n) is 5.58. The Bertz CT molecular complexity index is 337. The molecule has 0 aromatic carbocycles. The molecule has 2 aliphatic rings. The second-order valence-corrected chi connectivity index (χ2v) is 6.84. The number of esters is 1. The van der Waals surface area contributed by atoms with Gasteiger partial charge in [-0.15, -0.1) is 0 Å². The molecule has 116 valence electrons. The van der Waals surface area contributed by atoms with Gasteiger partial charge in [-0.05, 0) is 64.1 Å². The smallest absolute Gasteiger partial charge is 0.326 e. The number of carbonyl (C=O) groups excluding carboxylic acids is 1. The Morgan fingerprint density at radius 1 is 1.30 bits per heavy atom. The number of piperidine rings is 1. The number of hydrogen-bond donors (Lipinski definition) is 1. The van der Waals surface area contributed by atoms with E-state index in [1.54, 1.807) is 0 Å². The molecule has 2 atom stereocenters. The first-order valence-electron chi connectivity index (χ1n) is 8.04. The van der Waals surface area contributed by atoms with Gasteiger partial charge in [0.1, 0.15) is 5.54 Å². The number of carbonyl (C=O) groups is 1. The van der Waals surface area contributed by atoms with Gasteiger partial charge in [-0.1, -0.05) is 13.8 Å². The second kappa shape index (κ2) is 6.44. The van der Waals surface area contributed by atoms with Crippen molar-refractivity contribution in [3.8, 4) is 0 Å². The van der Waals surface area contributed by atoms with Crippen LogP contribution in [0, 0.1) is 11.8 Å². The van der Waals surface area contributed by atoms with E-state index in [0.29, 0.717) is 6.04 Å². The molecule has 1 saturated heterocycles. The Morgan fingerprint density at radius 3 is 2.45 bits per heavy atom. The first-order chi connectivity index (χ1) is 9.52. The minimum Gasteiger partial charge on any atom is -0.468 e. The minimum atomic E-state index is -0.450. The number of methoxy groups -OCH3 is 1. The third kappa shape index (κ3) is 3.01. The van der Waals surface area contributed by atoms with Crippen LogP contribution in [0.2, 0.25) is 0 Å². The Labute approximate surface area is 123 Å². The van der Waals surface area contributed by atoms with Gasteiger partial charge < -0.3 is 15.0 Å². The predicted octanol–water partition coefficient (Wildman–Crippen LogP) is 2.04. The number of ether oxygens (including phenoxy) is 1. The lowest BCUT2D eigenvalue weighted by molar-refractivity contribution is -0.148. The molecular weight excluding hydrogens is 252 g/mol. The second-order valence-electron chi connectivity index (χ2n) is 6.84. The zero-order chi connectivity index (χ0) is 14.8. The van der Waals surface area contributed by atoms with Crippen molar-refractivity contribution in [1.82, 2.24) is 10.2 Å². The summed E-state index contributed by atoms with van der Waals surface area (Å²) >= 11 is 0. The summed E-state index contributed by atoms with van der Waals surface area (Å²) < 4.78 is 4.99. The average molecular weight is 282 g/mol. The van der Waals surface area contributed by atoms with Gasteiger partial charge >= 0.3 is 5.97 Å². The highest BCUT2D eigenvalue weighted by atomic mass is 16.5. The van der Waals surface area contributed by atoms with Gasteiger partial charge in [0, 0.05) is 6.04 Å². The van der Waals surface area contributed by atoms with Crippen molar-refractivity contribution < 1.29 is 9.53 Å². The molecule has 1 heterocycles. The molecule has 20 heavy (non-hydrogen) atoms. The molecule has 2 unspecified atom stereocenters. The number of nitrogens with zero attached hydrogens (tertiary/aromatic N) is 1. The lowest BCUT2D eigenvalue weighted by Gasteiger charge is -2.38. The molecular formula is C16H30N2O2. The highest BCUT2D eigenvalue weighted by Crippen LogP contribution is 2.36. The first-order valence-corrected chi connectivity index (χ1v) is 8.04. The molecule has 1 saturated carbocycles. The largest absolute Gasteiger partial charge is 0.468 e. The molecule has 0 bridgehead atoms. The molecule has 2 fully saturated rings. The molecule has 0 amide bonds. The van der Waals surface area contributed by atoms with Crippen molar-refractivity contribution >= 4 is 5.97 Å². The minimum absolute atomic E-state index is 0.0976. The van der Waals surface area contributed by atoms with Crippen LogP contribution < -0.4 is 5.32 Å². The number of rotatable bonds is 4. The van der Waals surface area contributed by atoms with Crippen LogP contribution in [0.15, 0.2) is 0 Å². The van der Waals surface area contributed by atoms with Crippen molar-refractivity contribution in [2.75, 3.05) is 27.2 Å². The van der Waals surface area contributed by atoms with E-state index in [-0.39, 0.29) is 5.97 Å². The lowest BCUT2D eigenvalue weighted by atomic mass is 9.86. The highest BCUT2D eigenvalue weighted by Gasteiger charge is 2.47. The van der Waals surface area contributed by atoms with Crippen molar-refractivity contribution in [2.45, 2.75) is 57.5 Å². The summed E-state index contributed by atoms with van der Waals surface area (Å²) in [5.41, 5.74) is -0.450. The highest BCUT2D eigenvalue weighted by molar-refractivity contribution is 5.81. The van der Waals surface area contributed by atoms with Crippen LogP contribution in [0.4, 0.5) is 0 Å². The standard InChI is InChI=1S/C16H30N2O2/c1-12(2)13-6-9-18(10-7-13)14-5-8-16(11-14,17-3)15(19)20-4/h12-14,17H,5-11H2,1-4H3. The molecule has 0 radical (unpaired) electrons. The van der Waals surface area contributed by atoms with Crippen LogP contribution in [0.5, 0.6) is 0 Å². The van der Waals surface area contributed by atoms with Crippen LogP contribution in [0.3, 0.4) is 0 Å². The van der Waals surface area contributed by atoms with Gasteiger partial charge in [0.05, 0.1) is 7.11 Å². The zero-order valence-corrected chi connectivity index (χ0v) is 13.4. The number of nitrogens with one attached hydrogen (secondary N) is 1. The Morgan fingerprint density at radius 2 is 1.95 bits per heavy atom. The molecule has 1 aliphatic heterocycles. The summed E-state index contributed by atoms with van der Waals surface area (Å²) in [5, 5.41) is 3.22. The monoisotopic (exact) mass is 282 g/mol. The zero-order valence-electron chi connectivity index (χ0n) is 13.4. The van der Waals surface area contributed by atoms with E-state index in [4.69, 9.17) is 4.74 Å². The quantitative estimate of drug-likeness (QED) is 0.801. The van der Waals surface area contributed by atoms with E-state index in [2.05, 4.69) is 24.1 Å². The van der Waals surface area contributed by atoms with Crippen LogP contribution in [-0.4, -0.2) is 49.7 Å². The summed E-state index contributed by atoms with van der Waals surface area (Å²) in [7, 11) is 3.37. The van der Waals surface area contributed by atoms with Gasteiger partial charge in [0.2, 0.25) is 0 Å². The first kappa shape index (κ1) is 15.8. The maximum atomic E-state index is 12.0. The maximum absolute atomic E-state index is 12.0. The fourth-order valence-corrected chi connectivity index (χ4v) is 3.99. The third-order valence-corrected chi connectivity index (χ3v) is 5.58. The molecule has 0 aromatic rings. The van der Waals surface area contributed by atoms with Crippen LogP contribution in [0.1, 0.15) is 46.0 Å². The van der Waals surface area contributed by atoms with E-state index in [1.807, 2.05) is 7.05 Å². The summed E-state index contributed by atoms with van der Waals surface area (Å²) in [6.07, 6.45) is 5.49. The van der Waals surface area contributed by atoms with E-state index in [1.165, 1.54) is 33.0 Å². The SMILES string of the molecule is CNC1(C(=O)OC)CCC(N2CCC(C(C)C)CC2)C1. The van der Waals surface area contributed by atoms with E-state index < -0.39 is 5.54 Å². The van der Waals surface area contributed by atoms with E-state index in [0.717, 1.165) is 31.1 Å². The number of likely N-dealkylation sites (tertiary alicyclic amines) is 1. The summed E-state index contributed by atoms with van der Waals surface area (Å²) in [4.78, 5) is 14.6. The Hall–Kier alpha value is -0.610. The fourth-order valence-electron chi connectivity index (χ4n) is 3.99. The van der Waals surface area contributed by atoms with Gasteiger partial charge in [-0.3, -0.25) is 4.79 Å². The molecule has 4 nitrogen and oxygen atoms in total. The van der Waals surface area contributed by atoms with Gasteiger partial charge in [-0.2, -0.15) is 0 Å². The van der Waals surface area contributed by atoms with E-state index >= 15 is 0 Å². The van der Waals surface area contributed by atoms with Crippen molar-refractivity contribution in [1.29, 1.82) is 0 Å². The number of hydrogen-bond acceptors (Lipinski definition) is 4. The molecule has 1 N–H and O–H groups in total. The van der Waals surface area contributed by atoms with Crippen molar-refractivity contribution in [3.05, 3.63) is 0 Å². The van der Waals surface area contributed by atoms with Gasteiger partial charge in [0.25, 0.3) is 0 Å². The molecule has 2 rings (SSSR count). The lowest BCUT2D eigenvalue weighted by Crippen LogP contribution is -2.51. The molecule has 0 aromatic heterocycles. The molecule has 1 aliphatic carbocycles. The normalized spacial score (nSPS) is 32.8. The van der Waals surface area contributed by atoms with Crippen LogP contribution in [0.25, 0.3) is 0 Å². The Kier molecular flexibility index (Phi) is 5.08. The summed E-state index contributed by atoms with van der Waals surface area (Å²) in [6.45, 7) is 7.04. The van der Waals surface area contributed by atoms with Gasteiger partial charge in [-0.25, -0.2) is 0 Å². The average Bonchev–Trinajstić information content (AvgIpc) is 2.92.